The summed E-state index contributed by atoms with van der Waals surface area (Å²) in [6, 6.07) is 21.2. The fourth-order valence-corrected chi connectivity index (χ4v) is 5.74. The number of rotatable bonds is 7. The number of aromatic nitrogens is 1. The average molecular weight is 517 g/mol. The Hall–Kier alpha value is -3.42. The molecule has 0 spiro atoms. The van der Waals surface area contributed by atoms with Crippen LogP contribution in [-0.4, -0.2) is 46.0 Å². The van der Waals surface area contributed by atoms with Crippen LogP contribution in [0.1, 0.15) is 63.2 Å². The summed E-state index contributed by atoms with van der Waals surface area (Å²) >= 11 is 0. The number of carbonyl (C=O) groups excluding carboxylic acids is 1. The molecule has 1 N–H and O–H groups in total. The minimum absolute atomic E-state index is 0.0283. The van der Waals surface area contributed by atoms with Gasteiger partial charge < -0.3 is 24.0 Å². The third kappa shape index (κ3) is 5.40. The van der Waals surface area contributed by atoms with Crippen molar-refractivity contribution in [3.8, 4) is 11.1 Å². The third-order valence-electron chi connectivity index (χ3n) is 7.73. The smallest absolute Gasteiger partial charge is 0.411 e. The minimum atomic E-state index is -0.995. The molecule has 0 saturated carbocycles. The van der Waals surface area contributed by atoms with Gasteiger partial charge >= 0.3 is 6.09 Å². The van der Waals surface area contributed by atoms with E-state index in [1.807, 2.05) is 73.8 Å². The van der Waals surface area contributed by atoms with Crippen molar-refractivity contribution in [2.45, 2.75) is 63.3 Å². The van der Waals surface area contributed by atoms with Crippen molar-refractivity contribution in [1.82, 2.24) is 9.47 Å². The highest BCUT2D eigenvalue weighted by Crippen LogP contribution is 2.42. The number of hydrogen-bond acceptors (Lipinski definition) is 5. The van der Waals surface area contributed by atoms with Crippen molar-refractivity contribution < 1.29 is 19.4 Å². The molecule has 200 valence electrons. The van der Waals surface area contributed by atoms with Crippen LogP contribution in [0.3, 0.4) is 0 Å². The Morgan fingerprint density at radius 2 is 1.79 bits per heavy atom. The molecule has 2 aliphatic rings. The average Bonchev–Trinajstić information content (AvgIpc) is 3.43. The summed E-state index contributed by atoms with van der Waals surface area (Å²) in [5, 5.41) is 10.6. The van der Waals surface area contributed by atoms with Gasteiger partial charge in [-0.3, -0.25) is 4.79 Å². The molecule has 2 fully saturated rings. The molecule has 0 bridgehead atoms. The van der Waals surface area contributed by atoms with E-state index in [1.54, 1.807) is 29.4 Å². The molecule has 3 heterocycles. The molecule has 2 aliphatic heterocycles. The highest BCUT2D eigenvalue weighted by molar-refractivity contribution is 5.70. The van der Waals surface area contributed by atoms with Crippen molar-refractivity contribution in [3.05, 3.63) is 94.4 Å². The van der Waals surface area contributed by atoms with Crippen LogP contribution in [0.4, 0.5) is 4.79 Å². The zero-order chi connectivity index (χ0) is 26.9. The maximum absolute atomic E-state index is 13.3. The van der Waals surface area contributed by atoms with Gasteiger partial charge in [-0.25, -0.2) is 4.79 Å². The molecule has 0 unspecified atom stereocenters. The van der Waals surface area contributed by atoms with Gasteiger partial charge in [0, 0.05) is 38.3 Å². The maximum Gasteiger partial charge on any atom is 0.411 e. The predicted octanol–water partition coefficient (Wildman–Crippen LogP) is 5.44. The Bertz CT molecular complexity index is 1320. The molecule has 1 amide bonds. The number of amides is 1. The molecule has 7 heteroatoms. The van der Waals surface area contributed by atoms with Gasteiger partial charge in [-0.15, -0.1) is 0 Å². The number of cyclic esters (lactones) is 1. The van der Waals surface area contributed by atoms with Gasteiger partial charge in [0.15, 0.2) is 0 Å². The van der Waals surface area contributed by atoms with Crippen LogP contribution in [0.25, 0.3) is 11.1 Å². The Morgan fingerprint density at radius 3 is 2.39 bits per heavy atom. The number of ether oxygens (including phenoxy) is 2. The molecular weight excluding hydrogens is 480 g/mol. The number of benzene rings is 2. The third-order valence-corrected chi connectivity index (χ3v) is 7.73. The lowest BCUT2D eigenvalue weighted by atomic mass is 9.80. The second-order valence-corrected chi connectivity index (χ2v) is 11.1. The van der Waals surface area contributed by atoms with Crippen molar-refractivity contribution >= 4 is 6.09 Å². The Labute approximate surface area is 223 Å². The first-order valence-electron chi connectivity index (χ1n) is 13.3. The van der Waals surface area contributed by atoms with E-state index in [0.717, 1.165) is 28.7 Å². The molecule has 3 atom stereocenters. The predicted molar refractivity (Wildman–Crippen MR) is 146 cm³/mol. The van der Waals surface area contributed by atoms with E-state index in [0.29, 0.717) is 32.6 Å². The quantitative estimate of drug-likeness (QED) is 0.453. The van der Waals surface area contributed by atoms with Crippen LogP contribution in [0.5, 0.6) is 0 Å². The van der Waals surface area contributed by atoms with Crippen LogP contribution in [0, 0.1) is 0 Å². The van der Waals surface area contributed by atoms with Gasteiger partial charge in [-0.05, 0) is 55.5 Å². The molecule has 1 aromatic heterocycles. The number of hydrogen-bond donors (Lipinski definition) is 1. The second kappa shape index (κ2) is 10.4. The lowest BCUT2D eigenvalue weighted by molar-refractivity contribution is -0.101. The second-order valence-electron chi connectivity index (χ2n) is 11.1. The van der Waals surface area contributed by atoms with E-state index in [4.69, 9.17) is 9.47 Å². The topological polar surface area (TPSA) is 81.0 Å². The first-order valence-corrected chi connectivity index (χ1v) is 13.3. The summed E-state index contributed by atoms with van der Waals surface area (Å²) in [7, 11) is 0. The van der Waals surface area contributed by atoms with Crippen LogP contribution in [0.15, 0.2) is 77.7 Å². The standard InChI is InChI=1S/C31H36N2O5/c1-22(32-17-15-31(38-29(32)35,21-30(2,3)36)26-7-5-4-6-8-26)23-9-11-24(12-10-23)25-13-16-33(28(34)19-25)27-14-18-37-20-27/h4-13,16,19,22,27,36H,14-15,17-18,20-21H2,1-3H3/t22-,27+,31-/m0/s1. The number of carbonyl (C=O) groups is 1. The first kappa shape index (κ1) is 26.2. The van der Waals surface area contributed by atoms with E-state index in [2.05, 4.69) is 0 Å². The molecular formula is C31H36N2O5. The molecule has 5 rings (SSSR count). The van der Waals surface area contributed by atoms with Crippen LogP contribution >= 0.6 is 0 Å². The SMILES string of the molecule is C[C@@H](c1ccc(-c2ccn([C@@H]3CCOC3)c(=O)c2)cc1)N1CC[C@](CC(C)(C)O)(c2ccccc2)OC1=O. The van der Waals surface area contributed by atoms with Crippen LogP contribution in [0.2, 0.25) is 0 Å². The monoisotopic (exact) mass is 516 g/mol. The van der Waals surface area contributed by atoms with Gasteiger partial charge in [-0.2, -0.15) is 0 Å². The van der Waals surface area contributed by atoms with Gasteiger partial charge in [0.2, 0.25) is 0 Å². The summed E-state index contributed by atoms with van der Waals surface area (Å²) in [5.74, 6) is 0. The molecule has 2 aromatic carbocycles. The maximum atomic E-state index is 13.3. The highest BCUT2D eigenvalue weighted by Gasteiger charge is 2.46. The van der Waals surface area contributed by atoms with E-state index in [1.165, 1.54) is 0 Å². The van der Waals surface area contributed by atoms with E-state index in [9.17, 15) is 14.7 Å². The van der Waals surface area contributed by atoms with Crippen molar-refractivity contribution in [2.24, 2.45) is 0 Å². The zero-order valence-electron chi connectivity index (χ0n) is 22.3. The largest absolute Gasteiger partial charge is 0.438 e. The van der Waals surface area contributed by atoms with E-state index >= 15 is 0 Å². The molecule has 3 aromatic rings. The van der Waals surface area contributed by atoms with Crippen molar-refractivity contribution in [2.75, 3.05) is 19.8 Å². The van der Waals surface area contributed by atoms with Crippen molar-refractivity contribution in [3.63, 3.8) is 0 Å². The Morgan fingerprint density at radius 1 is 1.05 bits per heavy atom. The fraction of sp³-hybridized carbons (Fsp3) is 0.419. The molecule has 7 nitrogen and oxygen atoms in total. The minimum Gasteiger partial charge on any atom is -0.438 e. The number of aliphatic hydroxyl groups is 1. The van der Waals surface area contributed by atoms with Gasteiger partial charge in [0.25, 0.3) is 5.56 Å². The molecule has 0 aliphatic carbocycles. The lowest BCUT2D eigenvalue weighted by Gasteiger charge is -2.45. The summed E-state index contributed by atoms with van der Waals surface area (Å²) in [6.45, 7) is 7.26. The Kier molecular flexibility index (Phi) is 7.16. The molecule has 2 saturated heterocycles. The summed E-state index contributed by atoms with van der Waals surface area (Å²) in [5.41, 5.74) is 1.79. The summed E-state index contributed by atoms with van der Waals surface area (Å²) < 4.78 is 13.3. The van der Waals surface area contributed by atoms with E-state index < -0.39 is 11.2 Å². The lowest BCUT2D eigenvalue weighted by Crippen LogP contribution is -2.51. The van der Waals surface area contributed by atoms with Gasteiger partial charge in [0.1, 0.15) is 5.60 Å². The number of nitrogens with zero attached hydrogens (tertiary/aromatic N) is 2. The zero-order valence-corrected chi connectivity index (χ0v) is 22.3. The van der Waals surface area contributed by atoms with Gasteiger partial charge in [-0.1, -0.05) is 54.6 Å². The molecule has 0 radical (unpaired) electrons. The van der Waals surface area contributed by atoms with Gasteiger partial charge in [0.05, 0.1) is 24.3 Å². The normalized spacial score (nSPS) is 22.8. The Balaban J connectivity index is 1.31. The fourth-order valence-electron chi connectivity index (χ4n) is 5.74. The van der Waals surface area contributed by atoms with E-state index in [-0.39, 0.29) is 23.7 Å². The molecule has 38 heavy (non-hydrogen) atoms. The van der Waals surface area contributed by atoms with Crippen LogP contribution < -0.4 is 5.56 Å². The summed E-state index contributed by atoms with van der Waals surface area (Å²) in [4.78, 5) is 27.8. The number of pyridine rings is 1. The first-order chi connectivity index (χ1) is 18.2. The van der Waals surface area contributed by atoms with Crippen molar-refractivity contribution in [1.29, 1.82) is 0 Å². The van der Waals surface area contributed by atoms with Crippen LogP contribution in [-0.2, 0) is 15.1 Å². The highest BCUT2D eigenvalue weighted by atomic mass is 16.6. The summed E-state index contributed by atoms with van der Waals surface area (Å²) in [6.07, 6.45) is 3.22.